The van der Waals surface area contributed by atoms with E-state index >= 15 is 0 Å². The van der Waals surface area contributed by atoms with Crippen molar-refractivity contribution in [2.75, 3.05) is 0 Å². The largest absolute Gasteiger partial charge is 0.301 e. The summed E-state index contributed by atoms with van der Waals surface area (Å²) in [6.07, 6.45) is 5.37. The van der Waals surface area contributed by atoms with Gasteiger partial charge in [0, 0.05) is 23.1 Å². The van der Waals surface area contributed by atoms with E-state index in [1.807, 2.05) is 6.92 Å². The highest BCUT2D eigenvalue weighted by molar-refractivity contribution is 7.99. The first kappa shape index (κ1) is 20.1. The molecule has 2 aromatic rings. The van der Waals surface area contributed by atoms with Crippen molar-refractivity contribution in [1.82, 2.24) is 14.7 Å². The summed E-state index contributed by atoms with van der Waals surface area (Å²) in [5, 5.41) is 0.610. The van der Waals surface area contributed by atoms with Crippen molar-refractivity contribution in [2.45, 2.75) is 66.8 Å². The van der Waals surface area contributed by atoms with Crippen LogP contribution in [0.25, 0.3) is 0 Å². The molecule has 146 valence electrons. The molecule has 1 aromatic heterocycles. The monoisotopic (exact) mass is 407 g/mol. The summed E-state index contributed by atoms with van der Waals surface area (Å²) < 4.78 is 28.3. The number of benzene rings is 1. The van der Waals surface area contributed by atoms with E-state index in [1.54, 1.807) is 30.3 Å². The smallest absolute Gasteiger partial charge is 0.251 e. The summed E-state index contributed by atoms with van der Waals surface area (Å²) in [6, 6.07) is 9.77. The fraction of sp³-hybridized carbons (Fsp3) is 0.474. The van der Waals surface area contributed by atoms with Crippen LogP contribution in [0.3, 0.4) is 0 Å². The molecule has 2 atom stereocenters. The Labute approximate surface area is 164 Å². The first-order valence-corrected chi connectivity index (χ1v) is 11.7. The molecule has 0 saturated heterocycles. The predicted octanol–water partition coefficient (Wildman–Crippen LogP) is 3.10. The molecule has 0 unspecified atom stereocenters. The van der Waals surface area contributed by atoms with Gasteiger partial charge in [-0.15, -0.1) is 0 Å². The Morgan fingerprint density at radius 1 is 1.22 bits per heavy atom. The molecule has 1 saturated carbocycles. The number of rotatable bonds is 7. The molecule has 1 aromatic carbocycles. The number of aromatic nitrogens is 2. The molecule has 2 N–H and O–H groups in total. The quantitative estimate of drug-likeness (QED) is 0.688. The van der Waals surface area contributed by atoms with Crippen molar-refractivity contribution in [2.24, 2.45) is 0 Å². The first-order valence-electron chi connectivity index (χ1n) is 9.32. The van der Waals surface area contributed by atoms with E-state index < -0.39 is 10.0 Å². The van der Waals surface area contributed by atoms with E-state index in [0.29, 0.717) is 5.16 Å². The van der Waals surface area contributed by atoms with Gasteiger partial charge in [0.2, 0.25) is 10.0 Å². The van der Waals surface area contributed by atoms with Crippen molar-refractivity contribution >= 4 is 21.8 Å². The zero-order valence-corrected chi connectivity index (χ0v) is 17.0. The molecule has 8 heteroatoms. The van der Waals surface area contributed by atoms with Crippen molar-refractivity contribution in [3.05, 3.63) is 52.4 Å². The van der Waals surface area contributed by atoms with Crippen LogP contribution >= 0.6 is 11.8 Å². The van der Waals surface area contributed by atoms with Crippen LogP contribution in [0.1, 0.15) is 44.7 Å². The van der Waals surface area contributed by atoms with E-state index in [2.05, 4.69) is 14.7 Å². The molecular formula is C19H25N3O3S2. The minimum absolute atomic E-state index is 0.0391. The van der Waals surface area contributed by atoms with E-state index in [0.717, 1.165) is 44.2 Å². The van der Waals surface area contributed by atoms with Crippen LogP contribution in [-0.2, 0) is 16.4 Å². The summed E-state index contributed by atoms with van der Waals surface area (Å²) in [5.74, 6) is 0. The van der Waals surface area contributed by atoms with Gasteiger partial charge in [0.05, 0.1) is 4.90 Å². The SMILES string of the molecule is CCCc1cc(=O)[nH]c(S[C@@H]2CCCC[C@@H]2NS(=O)(=O)c2ccccc2)n1. The Kier molecular flexibility index (Phi) is 6.73. The third-order valence-electron chi connectivity index (χ3n) is 4.60. The summed E-state index contributed by atoms with van der Waals surface area (Å²) in [5.41, 5.74) is 0.620. The van der Waals surface area contributed by atoms with Gasteiger partial charge in [-0.1, -0.05) is 56.1 Å². The topological polar surface area (TPSA) is 91.9 Å². The lowest BCUT2D eigenvalue weighted by atomic mass is 9.96. The Bertz CT molecular complexity index is 913. The minimum atomic E-state index is -3.57. The Hall–Kier alpha value is -1.64. The molecule has 0 spiro atoms. The number of aromatic amines is 1. The highest BCUT2D eigenvalue weighted by Crippen LogP contribution is 2.33. The predicted molar refractivity (Wildman–Crippen MR) is 108 cm³/mol. The van der Waals surface area contributed by atoms with Gasteiger partial charge in [-0.25, -0.2) is 18.1 Å². The maximum atomic E-state index is 12.7. The van der Waals surface area contributed by atoms with Crippen LogP contribution in [0.15, 0.2) is 51.2 Å². The second-order valence-corrected chi connectivity index (χ2v) is 9.72. The van der Waals surface area contributed by atoms with E-state index in [-0.39, 0.29) is 21.7 Å². The third kappa shape index (κ3) is 5.43. The zero-order valence-electron chi connectivity index (χ0n) is 15.3. The van der Waals surface area contributed by atoms with Crippen molar-refractivity contribution in [1.29, 1.82) is 0 Å². The van der Waals surface area contributed by atoms with Gasteiger partial charge in [0.1, 0.15) is 0 Å². The van der Waals surface area contributed by atoms with E-state index in [4.69, 9.17) is 0 Å². The molecule has 0 radical (unpaired) electrons. The molecule has 27 heavy (non-hydrogen) atoms. The maximum absolute atomic E-state index is 12.7. The zero-order chi connectivity index (χ0) is 19.3. The lowest BCUT2D eigenvalue weighted by Crippen LogP contribution is -2.43. The Morgan fingerprint density at radius 3 is 2.70 bits per heavy atom. The van der Waals surface area contributed by atoms with Crippen molar-refractivity contribution in [3.8, 4) is 0 Å². The van der Waals surface area contributed by atoms with Crippen LogP contribution in [0.4, 0.5) is 0 Å². The molecule has 3 rings (SSSR count). The average molecular weight is 408 g/mol. The first-order chi connectivity index (χ1) is 13.0. The van der Waals surface area contributed by atoms with Gasteiger partial charge in [0.15, 0.2) is 5.16 Å². The van der Waals surface area contributed by atoms with Crippen molar-refractivity contribution in [3.63, 3.8) is 0 Å². The number of H-pyrrole nitrogens is 1. The Balaban J connectivity index is 1.77. The van der Waals surface area contributed by atoms with Crippen LogP contribution in [-0.4, -0.2) is 29.7 Å². The number of nitrogens with zero attached hydrogens (tertiary/aromatic N) is 1. The van der Waals surface area contributed by atoms with E-state index in [9.17, 15) is 13.2 Å². The van der Waals surface area contributed by atoms with Crippen LogP contribution in [0, 0.1) is 0 Å². The highest BCUT2D eigenvalue weighted by atomic mass is 32.2. The fourth-order valence-electron chi connectivity index (χ4n) is 3.31. The average Bonchev–Trinajstić information content (AvgIpc) is 2.64. The molecular weight excluding hydrogens is 382 g/mol. The number of aryl methyl sites for hydroxylation is 1. The number of hydrogen-bond donors (Lipinski definition) is 2. The third-order valence-corrected chi connectivity index (χ3v) is 7.39. The summed E-state index contributed by atoms with van der Waals surface area (Å²) in [7, 11) is -3.57. The molecule has 0 aliphatic heterocycles. The van der Waals surface area contributed by atoms with E-state index in [1.165, 1.54) is 17.8 Å². The number of thioether (sulfide) groups is 1. The van der Waals surface area contributed by atoms with Crippen LogP contribution in [0.5, 0.6) is 0 Å². The summed E-state index contributed by atoms with van der Waals surface area (Å²) >= 11 is 1.47. The lowest BCUT2D eigenvalue weighted by molar-refractivity contribution is 0.422. The number of sulfonamides is 1. The molecule has 0 amide bonds. The van der Waals surface area contributed by atoms with Gasteiger partial charge >= 0.3 is 0 Å². The van der Waals surface area contributed by atoms with Crippen molar-refractivity contribution < 1.29 is 8.42 Å². The second kappa shape index (κ2) is 9.03. The fourth-order valence-corrected chi connectivity index (χ4v) is 5.99. The minimum Gasteiger partial charge on any atom is -0.301 e. The lowest BCUT2D eigenvalue weighted by Gasteiger charge is -2.31. The van der Waals surface area contributed by atoms with Crippen LogP contribution < -0.4 is 10.3 Å². The van der Waals surface area contributed by atoms with Gasteiger partial charge in [-0.05, 0) is 31.4 Å². The molecule has 1 heterocycles. The Morgan fingerprint density at radius 2 is 1.96 bits per heavy atom. The van der Waals surface area contributed by atoms with Gasteiger partial charge in [0.25, 0.3) is 5.56 Å². The molecule has 1 aliphatic rings. The summed E-state index contributed by atoms with van der Waals surface area (Å²) in [4.78, 5) is 19.5. The standard InChI is InChI=1S/C19H25N3O3S2/c1-2-8-14-13-18(23)21-19(20-14)26-17-12-7-6-11-16(17)22-27(24,25)15-9-4-3-5-10-15/h3-5,9-10,13,16-17,22H,2,6-8,11-12H2,1H3,(H,20,21,23)/t16-,17+/m0/s1. The molecule has 0 bridgehead atoms. The molecule has 1 aliphatic carbocycles. The molecule has 1 fully saturated rings. The van der Waals surface area contributed by atoms with Crippen LogP contribution in [0.2, 0.25) is 0 Å². The molecule has 6 nitrogen and oxygen atoms in total. The number of hydrogen-bond acceptors (Lipinski definition) is 5. The summed E-state index contributed by atoms with van der Waals surface area (Å²) in [6.45, 7) is 2.05. The highest BCUT2D eigenvalue weighted by Gasteiger charge is 2.30. The van der Waals surface area contributed by atoms with Gasteiger partial charge in [-0.2, -0.15) is 0 Å². The van der Waals surface area contributed by atoms with Gasteiger partial charge in [-0.3, -0.25) is 4.79 Å². The maximum Gasteiger partial charge on any atom is 0.251 e. The number of nitrogens with one attached hydrogen (secondary N) is 2. The van der Waals surface area contributed by atoms with Gasteiger partial charge < -0.3 is 4.98 Å². The second-order valence-electron chi connectivity index (χ2n) is 6.77. The normalized spacial score (nSPS) is 20.5.